The largest absolute Gasteiger partial charge is 0.0987 e. The number of hydrogen-bond acceptors (Lipinski definition) is 0. The van der Waals surface area contributed by atoms with Gasteiger partial charge in [0.15, 0.2) is 0 Å². The predicted octanol–water partition coefficient (Wildman–Crippen LogP) is 6.16. The Kier molecular flexibility index (Phi) is 3.74. The second kappa shape index (κ2) is 6.07. The van der Waals surface area contributed by atoms with Crippen molar-refractivity contribution in [3.63, 3.8) is 0 Å². The Labute approximate surface area is 149 Å². The molecule has 0 saturated heterocycles. The van der Waals surface area contributed by atoms with E-state index in [0.29, 0.717) is 0 Å². The van der Waals surface area contributed by atoms with Crippen LogP contribution in [-0.2, 0) is 5.41 Å². The van der Waals surface area contributed by atoms with Gasteiger partial charge in [0, 0.05) is 0 Å². The second-order valence-electron chi connectivity index (χ2n) is 6.26. The fourth-order valence-electron chi connectivity index (χ4n) is 4.19. The van der Waals surface area contributed by atoms with E-state index in [4.69, 9.17) is 0 Å². The van der Waals surface area contributed by atoms with E-state index in [1.807, 2.05) is 12.2 Å². The standard InChI is InChI=1S/C25H20/c1-3-21-22-17-11-12-18-24(22)25(23(21)4-2,19-13-7-5-8-14-19)20-15-9-6-10-16-20/h3-18H,1-2H2. The first-order valence-corrected chi connectivity index (χ1v) is 8.54. The lowest BCUT2D eigenvalue weighted by molar-refractivity contribution is 0.762. The fraction of sp³-hybridized carbons (Fsp3) is 0.0400. The van der Waals surface area contributed by atoms with Gasteiger partial charge in [0.25, 0.3) is 0 Å². The van der Waals surface area contributed by atoms with Gasteiger partial charge >= 0.3 is 0 Å². The van der Waals surface area contributed by atoms with Crippen molar-refractivity contribution in [3.8, 4) is 0 Å². The first-order valence-electron chi connectivity index (χ1n) is 8.54. The average molecular weight is 320 g/mol. The molecule has 120 valence electrons. The molecule has 0 amide bonds. The Morgan fingerprint density at radius 3 is 1.64 bits per heavy atom. The van der Waals surface area contributed by atoms with E-state index >= 15 is 0 Å². The normalized spacial score (nSPS) is 14.9. The molecule has 0 atom stereocenters. The Hall–Kier alpha value is -3.12. The highest BCUT2D eigenvalue weighted by molar-refractivity contribution is 5.91. The van der Waals surface area contributed by atoms with Crippen LogP contribution >= 0.6 is 0 Å². The van der Waals surface area contributed by atoms with Gasteiger partial charge in [-0.15, -0.1) is 0 Å². The lowest BCUT2D eigenvalue weighted by Gasteiger charge is -2.34. The molecule has 3 aromatic rings. The SMILES string of the molecule is C=CC1=C(C=C)C(c2ccccc2)(c2ccccc2)c2ccccc21. The molecule has 0 nitrogen and oxygen atoms in total. The molecule has 0 heteroatoms. The molecule has 4 rings (SSSR count). The van der Waals surface area contributed by atoms with Gasteiger partial charge in [-0.25, -0.2) is 0 Å². The molecule has 0 aliphatic heterocycles. The van der Waals surface area contributed by atoms with E-state index in [2.05, 4.69) is 98.1 Å². The molecule has 3 aromatic carbocycles. The minimum Gasteiger partial charge on any atom is -0.0987 e. The Morgan fingerprint density at radius 1 is 0.600 bits per heavy atom. The molecule has 0 heterocycles. The number of fused-ring (bicyclic) bond motifs is 1. The minimum atomic E-state index is -0.357. The van der Waals surface area contributed by atoms with E-state index in [9.17, 15) is 0 Å². The third-order valence-corrected chi connectivity index (χ3v) is 5.14. The summed E-state index contributed by atoms with van der Waals surface area (Å²) in [5, 5.41) is 0. The summed E-state index contributed by atoms with van der Waals surface area (Å²) in [4.78, 5) is 0. The van der Waals surface area contributed by atoms with E-state index in [1.54, 1.807) is 0 Å². The summed E-state index contributed by atoms with van der Waals surface area (Å²) in [5.74, 6) is 0. The van der Waals surface area contributed by atoms with Crippen molar-refractivity contribution in [1.29, 1.82) is 0 Å². The third-order valence-electron chi connectivity index (χ3n) is 5.14. The second-order valence-corrected chi connectivity index (χ2v) is 6.26. The molecule has 25 heavy (non-hydrogen) atoms. The lowest BCUT2D eigenvalue weighted by Crippen LogP contribution is -2.29. The van der Waals surface area contributed by atoms with E-state index in [1.165, 1.54) is 33.4 Å². The Balaban J connectivity index is 2.20. The molecule has 1 aliphatic carbocycles. The molecule has 0 unspecified atom stereocenters. The highest BCUT2D eigenvalue weighted by atomic mass is 14.5. The summed E-state index contributed by atoms with van der Waals surface area (Å²) < 4.78 is 0. The molecule has 0 aromatic heterocycles. The third kappa shape index (κ3) is 2.08. The maximum atomic E-state index is 4.16. The molecule has 0 radical (unpaired) electrons. The Morgan fingerprint density at radius 2 is 1.12 bits per heavy atom. The molecule has 0 fully saturated rings. The van der Waals surface area contributed by atoms with Gasteiger partial charge in [0.05, 0.1) is 5.41 Å². The van der Waals surface area contributed by atoms with Gasteiger partial charge in [-0.2, -0.15) is 0 Å². The summed E-state index contributed by atoms with van der Waals surface area (Å²) in [6.07, 6.45) is 3.96. The molecule has 0 spiro atoms. The molecule has 0 saturated carbocycles. The number of benzene rings is 3. The molecule has 1 aliphatic rings. The van der Waals surface area contributed by atoms with Crippen LogP contribution in [0.2, 0.25) is 0 Å². The molecule has 0 N–H and O–H groups in total. The van der Waals surface area contributed by atoms with Gasteiger partial charge < -0.3 is 0 Å². The zero-order valence-corrected chi connectivity index (χ0v) is 14.2. The van der Waals surface area contributed by atoms with Crippen molar-refractivity contribution < 1.29 is 0 Å². The summed E-state index contributed by atoms with van der Waals surface area (Å²) in [6, 6.07) is 30.0. The monoisotopic (exact) mass is 320 g/mol. The summed E-state index contributed by atoms with van der Waals surface area (Å²) in [7, 11) is 0. The maximum Gasteiger partial charge on any atom is 0.0713 e. The Bertz CT molecular complexity index is 920. The van der Waals surface area contributed by atoms with Gasteiger partial charge in [0.2, 0.25) is 0 Å². The van der Waals surface area contributed by atoms with E-state index in [-0.39, 0.29) is 5.41 Å². The van der Waals surface area contributed by atoms with Crippen molar-refractivity contribution in [2.45, 2.75) is 5.41 Å². The van der Waals surface area contributed by atoms with Crippen molar-refractivity contribution >= 4 is 5.57 Å². The lowest BCUT2D eigenvalue weighted by atomic mass is 9.67. The maximum absolute atomic E-state index is 4.16. The zero-order chi connectivity index (χ0) is 17.3. The number of allylic oxidation sites excluding steroid dienone is 4. The topological polar surface area (TPSA) is 0 Å². The van der Waals surface area contributed by atoms with Crippen LogP contribution in [-0.4, -0.2) is 0 Å². The van der Waals surface area contributed by atoms with Crippen LogP contribution in [0.3, 0.4) is 0 Å². The van der Waals surface area contributed by atoms with Crippen LogP contribution in [0.5, 0.6) is 0 Å². The van der Waals surface area contributed by atoms with Crippen LogP contribution < -0.4 is 0 Å². The van der Waals surface area contributed by atoms with Crippen molar-refractivity contribution in [1.82, 2.24) is 0 Å². The predicted molar refractivity (Wildman–Crippen MR) is 107 cm³/mol. The van der Waals surface area contributed by atoms with E-state index in [0.717, 1.165) is 0 Å². The van der Waals surface area contributed by atoms with Crippen molar-refractivity contribution in [2.75, 3.05) is 0 Å². The number of hydrogen-bond donors (Lipinski definition) is 0. The summed E-state index contributed by atoms with van der Waals surface area (Å²) >= 11 is 0. The van der Waals surface area contributed by atoms with Crippen molar-refractivity contribution in [3.05, 3.63) is 138 Å². The molecular weight excluding hydrogens is 300 g/mol. The van der Waals surface area contributed by atoms with Crippen LogP contribution in [0.15, 0.2) is 116 Å². The highest BCUT2D eigenvalue weighted by Crippen LogP contribution is 2.54. The van der Waals surface area contributed by atoms with Gasteiger partial charge in [-0.3, -0.25) is 0 Å². The highest BCUT2D eigenvalue weighted by Gasteiger charge is 2.45. The summed E-state index contributed by atoms with van der Waals surface area (Å²) in [6.45, 7) is 8.25. The average Bonchev–Trinajstić information content (AvgIpc) is 2.99. The van der Waals surface area contributed by atoms with Crippen molar-refractivity contribution in [2.24, 2.45) is 0 Å². The molecular formula is C25H20. The van der Waals surface area contributed by atoms with Gasteiger partial charge in [-0.1, -0.05) is 110 Å². The fourth-order valence-corrected chi connectivity index (χ4v) is 4.19. The quantitative estimate of drug-likeness (QED) is 0.540. The first kappa shape index (κ1) is 15.4. The van der Waals surface area contributed by atoms with Crippen LogP contribution in [0.4, 0.5) is 0 Å². The summed E-state index contributed by atoms with van der Waals surface area (Å²) in [5.41, 5.74) is 7.03. The van der Waals surface area contributed by atoms with Crippen LogP contribution in [0.1, 0.15) is 22.3 Å². The molecule has 0 bridgehead atoms. The van der Waals surface area contributed by atoms with Gasteiger partial charge in [0.1, 0.15) is 0 Å². The van der Waals surface area contributed by atoms with Crippen LogP contribution in [0.25, 0.3) is 5.57 Å². The smallest absolute Gasteiger partial charge is 0.0713 e. The minimum absolute atomic E-state index is 0.357. The first-order chi connectivity index (χ1) is 12.3. The number of rotatable bonds is 4. The van der Waals surface area contributed by atoms with Gasteiger partial charge in [-0.05, 0) is 33.4 Å². The van der Waals surface area contributed by atoms with E-state index < -0.39 is 0 Å². The zero-order valence-electron chi connectivity index (χ0n) is 14.2. The van der Waals surface area contributed by atoms with Crippen LogP contribution in [0, 0.1) is 0 Å².